The summed E-state index contributed by atoms with van der Waals surface area (Å²) >= 11 is 0. The Morgan fingerprint density at radius 3 is 2.53 bits per heavy atom. The van der Waals surface area contributed by atoms with E-state index in [2.05, 4.69) is 28.7 Å². The van der Waals surface area contributed by atoms with Gasteiger partial charge in [-0.25, -0.2) is 8.78 Å². The summed E-state index contributed by atoms with van der Waals surface area (Å²) in [5.41, 5.74) is -0.0948. The van der Waals surface area contributed by atoms with Gasteiger partial charge in [0.05, 0.1) is 17.6 Å². The van der Waals surface area contributed by atoms with Gasteiger partial charge < -0.3 is 29.1 Å². The van der Waals surface area contributed by atoms with Crippen LogP contribution < -0.4 is 14.4 Å². The number of piperidine rings is 1. The molecule has 1 aliphatic heterocycles. The molecule has 0 amide bonds. The van der Waals surface area contributed by atoms with Gasteiger partial charge in [0.1, 0.15) is 28.6 Å². The van der Waals surface area contributed by atoms with Crippen LogP contribution in [0.2, 0.25) is 0 Å². The van der Waals surface area contributed by atoms with Crippen molar-refractivity contribution in [1.29, 1.82) is 0 Å². The standard InChI is InChI=1S/C36H45F2N5O4/c1-8-25-28(37)11-10-23-14-24(47-20-45-7)15-26(29(23)25)31-30(38)32-27(16-39-31)33(43-13-9-12-35(4,44)17-43)41-34(40-32)46-19-36(18-42(5)6)21(2)22(36)3/h10-11,14-16,21-22,44H,8-9,12-13,17-20H2,1-7H3/t21?,22?,35-,36?/m1/s1. The molecule has 11 heteroatoms. The molecule has 4 aromatic rings. The van der Waals surface area contributed by atoms with E-state index in [1.807, 2.05) is 25.9 Å². The molecule has 2 aromatic carbocycles. The number of β-amino-alcohol motifs (C(OH)–C–C–N with tert-alkyl or cyclic N) is 1. The van der Waals surface area contributed by atoms with E-state index < -0.39 is 11.4 Å². The van der Waals surface area contributed by atoms with Crippen molar-refractivity contribution in [2.75, 3.05) is 59.1 Å². The molecule has 252 valence electrons. The molecule has 1 aliphatic carbocycles. The van der Waals surface area contributed by atoms with Crippen LogP contribution in [0.5, 0.6) is 11.8 Å². The predicted molar refractivity (Wildman–Crippen MR) is 179 cm³/mol. The normalized spacial score (nSPS) is 24.4. The van der Waals surface area contributed by atoms with Crippen molar-refractivity contribution in [3.63, 3.8) is 0 Å². The fourth-order valence-electron chi connectivity index (χ4n) is 7.48. The average molecular weight is 650 g/mol. The summed E-state index contributed by atoms with van der Waals surface area (Å²) in [6.45, 7) is 10.3. The van der Waals surface area contributed by atoms with Crippen LogP contribution in [-0.2, 0) is 11.2 Å². The number of aryl methyl sites for hydroxylation is 1. The summed E-state index contributed by atoms with van der Waals surface area (Å²) in [5.74, 6) is 0.746. The number of aliphatic hydroxyl groups is 1. The summed E-state index contributed by atoms with van der Waals surface area (Å²) < 4.78 is 49.4. The number of anilines is 1. The minimum atomic E-state index is -0.931. The fraction of sp³-hybridized carbons (Fsp3) is 0.528. The molecule has 9 nitrogen and oxygen atoms in total. The van der Waals surface area contributed by atoms with Crippen molar-refractivity contribution in [2.45, 2.75) is 52.6 Å². The molecular formula is C36H45F2N5O4. The van der Waals surface area contributed by atoms with E-state index in [1.165, 1.54) is 13.2 Å². The van der Waals surface area contributed by atoms with Gasteiger partial charge in [0, 0.05) is 43.9 Å². The molecule has 1 saturated carbocycles. The molecule has 3 atom stereocenters. The monoisotopic (exact) mass is 649 g/mol. The summed E-state index contributed by atoms with van der Waals surface area (Å²) in [5, 5.41) is 12.6. The molecule has 0 spiro atoms. The van der Waals surface area contributed by atoms with Crippen molar-refractivity contribution < 1.29 is 28.1 Å². The quantitative estimate of drug-likeness (QED) is 0.190. The van der Waals surface area contributed by atoms with E-state index in [0.717, 1.165) is 13.0 Å². The SMILES string of the molecule is CCc1c(F)ccc2cc(OCOC)cc(-c3ncc4c(N5CCC[C@@](C)(O)C5)nc(OCC5(CN(C)C)C(C)C5C)nc4c3F)c12. The number of methoxy groups -OCH3 is 1. The molecule has 0 bridgehead atoms. The molecule has 2 unspecified atom stereocenters. The summed E-state index contributed by atoms with van der Waals surface area (Å²) in [6.07, 6.45) is 3.36. The van der Waals surface area contributed by atoms with E-state index in [1.54, 1.807) is 31.3 Å². The first-order chi connectivity index (χ1) is 22.4. The predicted octanol–water partition coefficient (Wildman–Crippen LogP) is 6.23. The topological polar surface area (TPSA) is 93.1 Å². The molecule has 3 heterocycles. The Balaban J connectivity index is 1.52. The first-order valence-electron chi connectivity index (χ1n) is 16.4. The fourth-order valence-corrected chi connectivity index (χ4v) is 7.48. The van der Waals surface area contributed by atoms with Crippen molar-refractivity contribution in [2.24, 2.45) is 17.3 Å². The number of rotatable bonds is 11. The Hall–Kier alpha value is -3.67. The third kappa shape index (κ3) is 6.21. The molecule has 6 rings (SSSR count). The van der Waals surface area contributed by atoms with Gasteiger partial charge in [0.2, 0.25) is 0 Å². The molecule has 2 aromatic heterocycles. The molecule has 1 N–H and O–H groups in total. The summed E-state index contributed by atoms with van der Waals surface area (Å²) in [7, 11) is 5.61. The van der Waals surface area contributed by atoms with E-state index in [9.17, 15) is 5.11 Å². The summed E-state index contributed by atoms with van der Waals surface area (Å²) in [4.78, 5) is 18.2. The maximum atomic E-state index is 17.0. The first-order valence-corrected chi connectivity index (χ1v) is 16.4. The first kappa shape index (κ1) is 33.2. The Bertz CT molecular complexity index is 1790. The molecule has 0 radical (unpaired) electrons. The summed E-state index contributed by atoms with van der Waals surface area (Å²) in [6, 6.07) is 6.59. The molecule has 2 aliphatic rings. The lowest BCUT2D eigenvalue weighted by molar-refractivity contribution is 0.0447. The Labute approximate surface area is 274 Å². The van der Waals surface area contributed by atoms with Crippen LogP contribution in [0.3, 0.4) is 0 Å². The van der Waals surface area contributed by atoms with Gasteiger partial charge >= 0.3 is 6.01 Å². The third-order valence-electron chi connectivity index (χ3n) is 10.2. The second kappa shape index (κ2) is 12.7. The van der Waals surface area contributed by atoms with Crippen molar-refractivity contribution in [3.05, 3.63) is 47.7 Å². The Morgan fingerprint density at radius 2 is 1.87 bits per heavy atom. The smallest absolute Gasteiger partial charge is 0.319 e. The average Bonchev–Trinajstić information content (AvgIpc) is 3.53. The highest BCUT2D eigenvalue weighted by molar-refractivity contribution is 6.01. The van der Waals surface area contributed by atoms with E-state index >= 15 is 8.78 Å². The van der Waals surface area contributed by atoms with Crippen LogP contribution in [0.4, 0.5) is 14.6 Å². The number of ether oxygens (including phenoxy) is 3. The number of hydrogen-bond donors (Lipinski definition) is 1. The second-order valence-electron chi connectivity index (χ2n) is 13.9. The van der Waals surface area contributed by atoms with Gasteiger partial charge in [-0.3, -0.25) is 4.98 Å². The van der Waals surface area contributed by atoms with E-state index in [0.29, 0.717) is 83.2 Å². The minimum Gasteiger partial charge on any atom is -0.468 e. The Morgan fingerprint density at radius 1 is 1.11 bits per heavy atom. The zero-order chi connectivity index (χ0) is 33.7. The van der Waals surface area contributed by atoms with Gasteiger partial charge in [0.15, 0.2) is 12.6 Å². The van der Waals surface area contributed by atoms with Gasteiger partial charge in [-0.15, -0.1) is 0 Å². The van der Waals surface area contributed by atoms with Crippen LogP contribution in [0.25, 0.3) is 32.9 Å². The van der Waals surface area contributed by atoms with Gasteiger partial charge in [-0.1, -0.05) is 26.8 Å². The van der Waals surface area contributed by atoms with E-state index in [4.69, 9.17) is 19.2 Å². The zero-order valence-electron chi connectivity index (χ0n) is 28.4. The highest BCUT2D eigenvalue weighted by Crippen LogP contribution is 2.58. The number of hydrogen-bond acceptors (Lipinski definition) is 9. The highest BCUT2D eigenvalue weighted by atomic mass is 19.1. The van der Waals surface area contributed by atoms with Crippen molar-refractivity contribution >= 4 is 27.5 Å². The van der Waals surface area contributed by atoms with Gasteiger partial charge in [0.25, 0.3) is 0 Å². The van der Waals surface area contributed by atoms with Crippen molar-refractivity contribution in [3.8, 4) is 23.0 Å². The zero-order valence-corrected chi connectivity index (χ0v) is 28.4. The maximum absolute atomic E-state index is 17.0. The van der Waals surface area contributed by atoms with Gasteiger partial charge in [-0.2, -0.15) is 9.97 Å². The lowest BCUT2D eigenvalue weighted by Crippen LogP contribution is -2.46. The van der Waals surface area contributed by atoms with Crippen LogP contribution in [-0.4, -0.2) is 84.8 Å². The van der Waals surface area contributed by atoms with E-state index in [-0.39, 0.29) is 35.2 Å². The van der Waals surface area contributed by atoms with Crippen LogP contribution >= 0.6 is 0 Å². The van der Waals surface area contributed by atoms with Crippen LogP contribution in [0, 0.1) is 28.9 Å². The number of aromatic nitrogens is 3. The second-order valence-corrected chi connectivity index (χ2v) is 13.9. The Kier molecular flexibility index (Phi) is 9.01. The maximum Gasteiger partial charge on any atom is 0.319 e. The molecule has 2 fully saturated rings. The lowest BCUT2D eigenvalue weighted by atomic mass is 9.94. The largest absolute Gasteiger partial charge is 0.468 e. The van der Waals surface area contributed by atoms with Gasteiger partial charge in [-0.05, 0) is 86.7 Å². The molecule has 47 heavy (non-hydrogen) atoms. The highest BCUT2D eigenvalue weighted by Gasteiger charge is 2.59. The van der Waals surface area contributed by atoms with Crippen molar-refractivity contribution in [1.82, 2.24) is 19.9 Å². The number of benzene rings is 2. The number of pyridine rings is 1. The molecule has 1 saturated heterocycles. The van der Waals surface area contributed by atoms with Crippen LogP contribution in [0.15, 0.2) is 30.5 Å². The lowest BCUT2D eigenvalue weighted by Gasteiger charge is -2.38. The molecular weight excluding hydrogens is 604 g/mol. The number of halogens is 2. The number of nitrogens with zero attached hydrogens (tertiary/aromatic N) is 5. The van der Waals surface area contributed by atoms with Crippen LogP contribution in [0.1, 0.15) is 46.1 Å². The number of fused-ring (bicyclic) bond motifs is 2. The minimum absolute atomic E-state index is 0.0101. The third-order valence-corrected chi connectivity index (χ3v) is 10.2.